The molecule has 0 saturated carbocycles. The van der Waals surface area contributed by atoms with E-state index in [0.29, 0.717) is 18.8 Å². The average Bonchev–Trinajstić information content (AvgIpc) is 2.84. The van der Waals surface area contributed by atoms with Crippen molar-refractivity contribution in [2.24, 2.45) is 5.92 Å². The molecule has 172 valence electrons. The van der Waals surface area contributed by atoms with Gasteiger partial charge in [-0.1, -0.05) is 6.07 Å². The number of benzene rings is 2. The number of nitrogens with zero attached hydrogens (tertiary/aromatic N) is 3. The highest BCUT2D eigenvalue weighted by molar-refractivity contribution is 5.93. The summed E-state index contributed by atoms with van der Waals surface area (Å²) in [5, 5.41) is 11.3. The van der Waals surface area contributed by atoms with Gasteiger partial charge in [-0.05, 0) is 67.4 Å². The van der Waals surface area contributed by atoms with Gasteiger partial charge >= 0.3 is 6.18 Å². The number of methoxy groups -OCH3 is 1. The van der Waals surface area contributed by atoms with Crippen LogP contribution in [0.4, 0.5) is 24.7 Å². The molecule has 0 aliphatic carbocycles. The molecule has 6 nitrogen and oxygen atoms in total. The molecule has 1 aliphatic rings. The number of nitrogens with one attached hydrogen (secondary N) is 1. The molecule has 1 unspecified atom stereocenters. The smallest absolute Gasteiger partial charge is 0.416 e. The summed E-state index contributed by atoms with van der Waals surface area (Å²) >= 11 is 0. The fourth-order valence-corrected chi connectivity index (χ4v) is 3.83. The molecule has 4 rings (SSSR count). The first-order valence-corrected chi connectivity index (χ1v) is 10.5. The van der Waals surface area contributed by atoms with Crippen molar-refractivity contribution in [2.75, 3.05) is 30.4 Å². The molecule has 1 amide bonds. The molecule has 1 fully saturated rings. The van der Waals surface area contributed by atoms with Crippen molar-refractivity contribution >= 4 is 17.4 Å². The molecule has 1 atom stereocenters. The zero-order valence-electron chi connectivity index (χ0n) is 18.0. The molecule has 3 aromatic rings. The Hall–Kier alpha value is -3.62. The van der Waals surface area contributed by atoms with E-state index in [2.05, 4.69) is 15.5 Å². The van der Waals surface area contributed by atoms with Gasteiger partial charge in [-0.15, -0.1) is 10.2 Å². The fourth-order valence-electron chi connectivity index (χ4n) is 3.83. The normalized spacial score (nSPS) is 16.4. The summed E-state index contributed by atoms with van der Waals surface area (Å²) in [6.45, 7) is 1.14. The van der Waals surface area contributed by atoms with Crippen LogP contribution in [0, 0.1) is 5.92 Å². The summed E-state index contributed by atoms with van der Waals surface area (Å²) in [4.78, 5) is 14.7. The predicted octanol–water partition coefficient (Wildman–Crippen LogP) is 5.03. The molecule has 0 radical (unpaired) electrons. The Balaban J connectivity index is 1.41. The van der Waals surface area contributed by atoms with E-state index in [-0.39, 0.29) is 17.5 Å². The lowest BCUT2D eigenvalue weighted by Crippen LogP contribution is -2.41. The Bertz CT molecular complexity index is 1100. The third-order valence-corrected chi connectivity index (χ3v) is 5.61. The molecular weight excluding hydrogens is 433 g/mol. The van der Waals surface area contributed by atoms with Crippen molar-refractivity contribution in [2.45, 2.75) is 19.0 Å². The van der Waals surface area contributed by atoms with Crippen LogP contribution in [0.5, 0.6) is 5.75 Å². The van der Waals surface area contributed by atoms with Crippen LogP contribution in [0.1, 0.15) is 18.4 Å². The quantitative estimate of drug-likeness (QED) is 0.584. The summed E-state index contributed by atoms with van der Waals surface area (Å²) in [6.07, 6.45) is -3.04. The van der Waals surface area contributed by atoms with Crippen LogP contribution in [-0.4, -0.2) is 36.3 Å². The molecule has 2 aromatic carbocycles. The Morgan fingerprint density at radius 3 is 2.55 bits per heavy atom. The largest absolute Gasteiger partial charge is 0.497 e. The second-order valence-electron chi connectivity index (χ2n) is 7.86. The lowest BCUT2D eigenvalue weighted by molar-refractivity contribution is -0.137. The number of piperidine rings is 1. The molecule has 1 aliphatic heterocycles. The monoisotopic (exact) mass is 456 g/mol. The lowest BCUT2D eigenvalue weighted by Gasteiger charge is -2.32. The number of aromatic nitrogens is 2. The van der Waals surface area contributed by atoms with E-state index >= 15 is 0 Å². The van der Waals surface area contributed by atoms with Crippen LogP contribution < -0.4 is 15.0 Å². The standard InChI is InChI=1S/C24H23F3N4O2/c1-33-20-9-7-16(8-10-20)21-11-12-22(30-29-21)31-13-3-4-17(15-31)23(32)28-19-6-2-5-18(14-19)24(25,26)27/h2,5-12,14,17H,3-4,13,15H2,1H3,(H,28,32). The van der Waals surface area contributed by atoms with Crippen LogP contribution in [0.3, 0.4) is 0 Å². The van der Waals surface area contributed by atoms with E-state index in [1.807, 2.05) is 41.3 Å². The maximum atomic E-state index is 12.9. The van der Waals surface area contributed by atoms with Gasteiger partial charge < -0.3 is 15.0 Å². The Labute approximate surface area is 189 Å². The van der Waals surface area contributed by atoms with Gasteiger partial charge in [-0.25, -0.2) is 0 Å². The number of anilines is 2. The minimum absolute atomic E-state index is 0.135. The van der Waals surface area contributed by atoms with E-state index in [1.165, 1.54) is 12.1 Å². The highest BCUT2D eigenvalue weighted by Gasteiger charge is 2.31. The van der Waals surface area contributed by atoms with E-state index in [1.54, 1.807) is 7.11 Å². The zero-order valence-corrected chi connectivity index (χ0v) is 18.0. The van der Waals surface area contributed by atoms with Gasteiger partial charge in [0.2, 0.25) is 5.91 Å². The van der Waals surface area contributed by atoms with Gasteiger partial charge in [0.05, 0.1) is 24.3 Å². The number of halogens is 3. The predicted molar refractivity (Wildman–Crippen MR) is 119 cm³/mol. The number of carbonyl (C=O) groups is 1. The molecule has 1 N–H and O–H groups in total. The third kappa shape index (κ3) is 5.42. The van der Waals surface area contributed by atoms with Crippen LogP contribution in [-0.2, 0) is 11.0 Å². The Morgan fingerprint density at radius 2 is 1.88 bits per heavy atom. The molecule has 0 spiro atoms. The molecule has 1 aromatic heterocycles. The number of hydrogen-bond acceptors (Lipinski definition) is 5. The van der Waals surface area contributed by atoms with Crippen molar-refractivity contribution < 1.29 is 22.7 Å². The van der Waals surface area contributed by atoms with Crippen molar-refractivity contribution in [1.82, 2.24) is 10.2 Å². The lowest BCUT2D eigenvalue weighted by atomic mass is 9.97. The van der Waals surface area contributed by atoms with E-state index < -0.39 is 11.7 Å². The topological polar surface area (TPSA) is 67.3 Å². The highest BCUT2D eigenvalue weighted by Crippen LogP contribution is 2.31. The van der Waals surface area contributed by atoms with Crippen LogP contribution in [0.25, 0.3) is 11.3 Å². The second kappa shape index (κ2) is 9.48. The maximum Gasteiger partial charge on any atom is 0.416 e. The SMILES string of the molecule is COc1ccc(-c2ccc(N3CCCC(C(=O)Nc4cccc(C(F)(F)F)c4)C3)nn2)cc1. The van der Waals surface area contributed by atoms with Crippen LogP contribution >= 0.6 is 0 Å². The number of carbonyl (C=O) groups excluding carboxylic acids is 1. The Kier molecular flexibility index (Phi) is 6.48. The summed E-state index contributed by atoms with van der Waals surface area (Å²) in [7, 11) is 1.61. The average molecular weight is 456 g/mol. The highest BCUT2D eigenvalue weighted by atomic mass is 19.4. The van der Waals surface area contributed by atoms with Crippen LogP contribution in [0.15, 0.2) is 60.7 Å². The van der Waals surface area contributed by atoms with Crippen molar-refractivity contribution in [3.8, 4) is 17.0 Å². The minimum atomic E-state index is -4.46. The van der Waals surface area contributed by atoms with Gasteiger partial charge in [-0.2, -0.15) is 13.2 Å². The zero-order chi connectivity index (χ0) is 23.4. The molecular formula is C24H23F3N4O2. The number of alkyl halides is 3. The number of ether oxygens (including phenoxy) is 1. The molecule has 2 heterocycles. The Morgan fingerprint density at radius 1 is 1.09 bits per heavy atom. The van der Waals surface area contributed by atoms with E-state index in [0.717, 1.165) is 42.1 Å². The van der Waals surface area contributed by atoms with Gasteiger partial charge in [0.25, 0.3) is 0 Å². The number of hydrogen-bond donors (Lipinski definition) is 1. The molecule has 33 heavy (non-hydrogen) atoms. The maximum absolute atomic E-state index is 12.9. The first kappa shape index (κ1) is 22.6. The van der Waals surface area contributed by atoms with Crippen molar-refractivity contribution in [1.29, 1.82) is 0 Å². The first-order valence-electron chi connectivity index (χ1n) is 10.5. The number of rotatable bonds is 5. The fraction of sp³-hybridized carbons (Fsp3) is 0.292. The van der Waals surface area contributed by atoms with Gasteiger partial charge in [-0.3, -0.25) is 4.79 Å². The first-order chi connectivity index (χ1) is 15.8. The third-order valence-electron chi connectivity index (χ3n) is 5.61. The van der Waals surface area contributed by atoms with Gasteiger partial charge in [0, 0.05) is 24.3 Å². The van der Waals surface area contributed by atoms with Crippen molar-refractivity contribution in [3.05, 3.63) is 66.2 Å². The van der Waals surface area contributed by atoms with Crippen LogP contribution in [0.2, 0.25) is 0 Å². The van der Waals surface area contributed by atoms with Crippen molar-refractivity contribution in [3.63, 3.8) is 0 Å². The summed E-state index contributed by atoms with van der Waals surface area (Å²) in [5.74, 6) is 0.744. The summed E-state index contributed by atoms with van der Waals surface area (Å²) < 4.78 is 44.0. The summed E-state index contributed by atoms with van der Waals surface area (Å²) in [6, 6.07) is 15.9. The second-order valence-corrected chi connectivity index (χ2v) is 7.86. The van der Waals surface area contributed by atoms with Gasteiger partial charge in [0.1, 0.15) is 5.75 Å². The molecule has 1 saturated heterocycles. The molecule has 0 bridgehead atoms. The molecule has 9 heteroatoms. The minimum Gasteiger partial charge on any atom is -0.497 e. The summed E-state index contributed by atoms with van der Waals surface area (Å²) in [5.41, 5.74) is 0.970. The van der Waals surface area contributed by atoms with E-state index in [4.69, 9.17) is 4.74 Å². The van der Waals surface area contributed by atoms with Gasteiger partial charge in [0.15, 0.2) is 5.82 Å². The number of amides is 1. The van der Waals surface area contributed by atoms with E-state index in [9.17, 15) is 18.0 Å².